The summed E-state index contributed by atoms with van der Waals surface area (Å²) in [5.74, 6) is -0.951. The number of ether oxygens (including phenoxy) is 1. The molecule has 1 amide bonds. The highest BCUT2D eigenvalue weighted by molar-refractivity contribution is 6.30. The van der Waals surface area contributed by atoms with E-state index in [-0.39, 0.29) is 12.6 Å². The molecule has 0 saturated heterocycles. The molecule has 1 aromatic carbocycles. The molecule has 0 fully saturated rings. The molecule has 3 N–H and O–H groups in total. The van der Waals surface area contributed by atoms with Crippen LogP contribution in [0, 0.1) is 0 Å². The lowest BCUT2D eigenvalue weighted by Gasteiger charge is -2.24. The van der Waals surface area contributed by atoms with E-state index in [1.165, 1.54) is 0 Å². The van der Waals surface area contributed by atoms with Gasteiger partial charge in [-0.1, -0.05) is 23.7 Å². The zero-order valence-corrected chi connectivity index (χ0v) is 14.3. The van der Waals surface area contributed by atoms with Crippen LogP contribution in [0.15, 0.2) is 24.3 Å². The fourth-order valence-corrected chi connectivity index (χ4v) is 2.03. The number of aliphatic carboxylic acids is 1. The van der Waals surface area contributed by atoms with E-state index in [1.807, 2.05) is 12.1 Å². The van der Waals surface area contributed by atoms with Gasteiger partial charge in [0.2, 0.25) is 0 Å². The van der Waals surface area contributed by atoms with E-state index >= 15 is 0 Å². The van der Waals surface area contributed by atoms with Gasteiger partial charge in [0, 0.05) is 17.6 Å². The highest BCUT2D eigenvalue weighted by atomic mass is 35.5. The van der Waals surface area contributed by atoms with Gasteiger partial charge in [-0.15, -0.1) is 0 Å². The van der Waals surface area contributed by atoms with E-state index in [1.54, 1.807) is 32.9 Å². The molecule has 0 radical (unpaired) electrons. The summed E-state index contributed by atoms with van der Waals surface area (Å²) in [7, 11) is 0. The lowest BCUT2D eigenvalue weighted by atomic mass is 10.1. The third-order valence-corrected chi connectivity index (χ3v) is 3.04. The molecule has 0 bridgehead atoms. The molecule has 0 aliphatic heterocycles. The molecule has 0 aliphatic carbocycles. The second-order valence-electron chi connectivity index (χ2n) is 6.20. The molecule has 1 rings (SSSR count). The van der Waals surface area contributed by atoms with Crippen molar-refractivity contribution in [3.8, 4) is 0 Å². The molecular weight excluding hydrogens is 320 g/mol. The van der Waals surface area contributed by atoms with Crippen LogP contribution in [-0.2, 0) is 16.0 Å². The lowest BCUT2D eigenvalue weighted by Crippen LogP contribution is -2.46. The molecule has 23 heavy (non-hydrogen) atoms. The predicted molar refractivity (Wildman–Crippen MR) is 88.8 cm³/mol. The summed E-state index contributed by atoms with van der Waals surface area (Å²) in [5, 5.41) is 14.9. The van der Waals surface area contributed by atoms with Crippen molar-refractivity contribution in [1.29, 1.82) is 0 Å². The Kier molecular flexibility index (Phi) is 7.32. The van der Waals surface area contributed by atoms with Gasteiger partial charge in [-0.2, -0.15) is 0 Å². The topological polar surface area (TPSA) is 87.7 Å². The quantitative estimate of drug-likeness (QED) is 0.708. The highest BCUT2D eigenvalue weighted by Crippen LogP contribution is 2.12. The lowest BCUT2D eigenvalue weighted by molar-refractivity contribution is -0.135. The van der Waals surface area contributed by atoms with Crippen molar-refractivity contribution in [2.45, 2.75) is 38.8 Å². The van der Waals surface area contributed by atoms with Crippen molar-refractivity contribution in [3.05, 3.63) is 34.9 Å². The van der Waals surface area contributed by atoms with E-state index in [0.717, 1.165) is 5.56 Å². The predicted octanol–water partition coefficient (Wildman–Crippen LogP) is 2.45. The van der Waals surface area contributed by atoms with Gasteiger partial charge in [0.25, 0.3) is 0 Å². The zero-order valence-electron chi connectivity index (χ0n) is 13.6. The molecule has 7 heteroatoms. The number of carboxylic acid groups (broad SMARTS) is 1. The van der Waals surface area contributed by atoms with Crippen LogP contribution in [0.5, 0.6) is 0 Å². The first-order valence-corrected chi connectivity index (χ1v) is 7.70. The van der Waals surface area contributed by atoms with Gasteiger partial charge in [0.05, 0.1) is 6.54 Å². The maximum Gasteiger partial charge on any atom is 0.407 e. The Morgan fingerprint density at radius 1 is 1.26 bits per heavy atom. The first kappa shape index (κ1) is 19.3. The SMILES string of the molecule is CC(C)(C)OC(=O)NC(CNCC(=O)O)Cc1ccc(Cl)cc1. The molecule has 0 spiro atoms. The first-order valence-electron chi connectivity index (χ1n) is 7.32. The number of carbonyl (C=O) groups excluding carboxylic acids is 1. The van der Waals surface area contributed by atoms with Gasteiger partial charge in [-0.3, -0.25) is 4.79 Å². The average Bonchev–Trinajstić information content (AvgIpc) is 2.38. The van der Waals surface area contributed by atoms with Crippen molar-refractivity contribution in [3.63, 3.8) is 0 Å². The van der Waals surface area contributed by atoms with Gasteiger partial charge in [0.15, 0.2) is 0 Å². The normalized spacial score (nSPS) is 12.5. The van der Waals surface area contributed by atoms with Crippen LogP contribution in [0.3, 0.4) is 0 Å². The van der Waals surface area contributed by atoms with E-state index < -0.39 is 17.7 Å². The Morgan fingerprint density at radius 2 is 1.87 bits per heavy atom. The van der Waals surface area contributed by atoms with Crippen LogP contribution in [-0.4, -0.2) is 41.9 Å². The number of carboxylic acids is 1. The van der Waals surface area contributed by atoms with E-state index in [9.17, 15) is 9.59 Å². The van der Waals surface area contributed by atoms with Crippen LogP contribution in [0.2, 0.25) is 5.02 Å². The molecule has 1 aromatic rings. The Morgan fingerprint density at radius 3 is 2.39 bits per heavy atom. The maximum atomic E-state index is 11.9. The Bertz CT molecular complexity index is 526. The van der Waals surface area contributed by atoms with Crippen LogP contribution in [0.25, 0.3) is 0 Å². The standard InChI is InChI=1S/C16H23ClN2O4/c1-16(2,3)23-15(22)19-13(9-18-10-14(20)21)8-11-4-6-12(17)7-5-11/h4-7,13,18H,8-10H2,1-3H3,(H,19,22)(H,20,21). The van der Waals surface area contributed by atoms with Crippen molar-refractivity contribution in [2.24, 2.45) is 0 Å². The first-order chi connectivity index (χ1) is 10.7. The van der Waals surface area contributed by atoms with Crippen molar-refractivity contribution in [1.82, 2.24) is 10.6 Å². The fraction of sp³-hybridized carbons (Fsp3) is 0.500. The molecule has 0 heterocycles. The molecule has 128 valence electrons. The summed E-state index contributed by atoms with van der Waals surface area (Å²) in [5.41, 5.74) is 0.385. The van der Waals surface area contributed by atoms with Crippen LogP contribution in [0.4, 0.5) is 4.79 Å². The summed E-state index contributed by atoms with van der Waals surface area (Å²) < 4.78 is 5.24. The van der Waals surface area contributed by atoms with Gasteiger partial charge >= 0.3 is 12.1 Å². The van der Waals surface area contributed by atoms with Crippen molar-refractivity contribution >= 4 is 23.7 Å². The van der Waals surface area contributed by atoms with Gasteiger partial charge < -0.3 is 20.5 Å². The number of benzene rings is 1. The number of alkyl carbamates (subject to hydrolysis) is 1. The molecule has 0 aliphatic rings. The largest absolute Gasteiger partial charge is 0.480 e. The molecule has 1 atom stereocenters. The van der Waals surface area contributed by atoms with Gasteiger partial charge in [-0.05, 0) is 44.9 Å². The van der Waals surface area contributed by atoms with Gasteiger partial charge in [0.1, 0.15) is 5.60 Å². The number of nitrogens with one attached hydrogen (secondary N) is 2. The van der Waals surface area contributed by atoms with E-state index in [0.29, 0.717) is 18.0 Å². The number of hydrogen-bond acceptors (Lipinski definition) is 4. The molecule has 6 nitrogen and oxygen atoms in total. The Hall–Kier alpha value is -1.79. The number of amides is 1. The second-order valence-corrected chi connectivity index (χ2v) is 6.63. The number of hydrogen-bond donors (Lipinski definition) is 3. The zero-order chi connectivity index (χ0) is 17.5. The summed E-state index contributed by atoms with van der Waals surface area (Å²) in [6.07, 6.45) is -0.00293. The third-order valence-electron chi connectivity index (χ3n) is 2.78. The van der Waals surface area contributed by atoms with Gasteiger partial charge in [-0.25, -0.2) is 4.79 Å². The smallest absolute Gasteiger partial charge is 0.407 e. The third kappa shape index (κ3) is 9.05. The monoisotopic (exact) mass is 342 g/mol. The summed E-state index contributed by atoms with van der Waals surface area (Å²) in [4.78, 5) is 22.5. The summed E-state index contributed by atoms with van der Waals surface area (Å²) in [6, 6.07) is 6.97. The minimum atomic E-state index is -0.951. The molecular formula is C16H23ClN2O4. The van der Waals surface area contributed by atoms with Crippen molar-refractivity contribution in [2.75, 3.05) is 13.1 Å². The number of rotatable bonds is 7. The molecule has 0 saturated carbocycles. The number of carbonyl (C=O) groups is 2. The average molecular weight is 343 g/mol. The fourth-order valence-electron chi connectivity index (χ4n) is 1.91. The summed E-state index contributed by atoms with van der Waals surface area (Å²) >= 11 is 5.86. The second kappa shape index (κ2) is 8.74. The Balaban J connectivity index is 2.65. The minimum Gasteiger partial charge on any atom is -0.480 e. The Labute approximate surface area is 141 Å². The minimum absolute atomic E-state index is 0.173. The van der Waals surface area contributed by atoms with Crippen LogP contribution < -0.4 is 10.6 Å². The summed E-state index contributed by atoms with van der Waals surface area (Å²) in [6.45, 7) is 5.48. The van der Waals surface area contributed by atoms with E-state index in [4.69, 9.17) is 21.4 Å². The van der Waals surface area contributed by atoms with Crippen LogP contribution >= 0.6 is 11.6 Å². The molecule has 0 aromatic heterocycles. The van der Waals surface area contributed by atoms with E-state index in [2.05, 4.69) is 10.6 Å². The highest BCUT2D eigenvalue weighted by Gasteiger charge is 2.20. The number of halogens is 1. The maximum absolute atomic E-state index is 11.9. The van der Waals surface area contributed by atoms with Crippen LogP contribution in [0.1, 0.15) is 26.3 Å². The van der Waals surface area contributed by atoms with Crippen molar-refractivity contribution < 1.29 is 19.4 Å². The molecule has 1 unspecified atom stereocenters.